The van der Waals surface area contributed by atoms with E-state index in [-0.39, 0.29) is 11.9 Å². The molecule has 1 atom stereocenters. The molecule has 0 spiro atoms. The summed E-state index contributed by atoms with van der Waals surface area (Å²) in [6, 6.07) is 7.93. The topological polar surface area (TPSA) is 35.5 Å². The molecule has 0 saturated heterocycles. The molecule has 0 fully saturated rings. The minimum atomic E-state index is -0.122. The minimum Gasteiger partial charge on any atom is -0.497 e. The highest BCUT2D eigenvalue weighted by Gasteiger charge is 2.10. The van der Waals surface area contributed by atoms with Gasteiger partial charge in [-0.25, -0.2) is 0 Å². The van der Waals surface area contributed by atoms with Crippen molar-refractivity contribution in [2.45, 2.75) is 26.7 Å². The third-order valence-corrected chi connectivity index (χ3v) is 2.54. The summed E-state index contributed by atoms with van der Waals surface area (Å²) >= 11 is 0. The van der Waals surface area contributed by atoms with E-state index in [4.69, 9.17) is 9.47 Å². The SMILES string of the molecule is CCOC(=O)C[C@@H](C)Cc1cccc(OC)c1. The van der Waals surface area contributed by atoms with E-state index in [1.165, 1.54) is 5.56 Å². The summed E-state index contributed by atoms with van der Waals surface area (Å²) in [5, 5.41) is 0. The molecule has 94 valence electrons. The monoisotopic (exact) mass is 236 g/mol. The van der Waals surface area contributed by atoms with Crippen LogP contribution in [0.25, 0.3) is 0 Å². The van der Waals surface area contributed by atoms with Gasteiger partial charge in [0.1, 0.15) is 5.75 Å². The van der Waals surface area contributed by atoms with Gasteiger partial charge in [0.2, 0.25) is 0 Å². The smallest absolute Gasteiger partial charge is 0.306 e. The number of benzene rings is 1. The van der Waals surface area contributed by atoms with Gasteiger partial charge in [0.25, 0.3) is 0 Å². The van der Waals surface area contributed by atoms with Crippen molar-refractivity contribution in [2.24, 2.45) is 5.92 Å². The molecule has 0 heterocycles. The Balaban J connectivity index is 2.49. The molecule has 17 heavy (non-hydrogen) atoms. The van der Waals surface area contributed by atoms with E-state index in [2.05, 4.69) is 6.92 Å². The van der Waals surface area contributed by atoms with Crippen LogP contribution in [0.1, 0.15) is 25.8 Å². The number of ether oxygens (including phenoxy) is 2. The second kappa shape index (κ2) is 6.94. The van der Waals surface area contributed by atoms with Gasteiger partial charge in [-0.15, -0.1) is 0 Å². The van der Waals surface area contributed by atoms with Gasteiger partial charge in [-0.05, 0) is 37.0 Å². The maximum Gasteiger partial charge on any atom is 0.306 e. The van der Waals surface area contributed by atoms with Gasteiger partial charge in [-0.2, -0.15) is 0 Å². The van der Waals surface area contributed by atoms with Gasteiger partial charge in [0, 0.05) is 6.42 Å². The van der Waals surface area contributed by atoms with E-state index in [0.717, 1.165) is 12.2 Å². The van der Waals surface area contributed by atoms with Crippen LogP contribution in [0.5, 0.6) is 5.75 Å². The molecule has 1 aromatic rings. The van der Waals surface area contributed by atoms with Crippen LogP contribution < -0.4 is 4.74 Å². The quantitative estimate of drug-likeness (QED) is 0.712. The van der Waals surface area contributed by atoms with Crippen LogP contribution >= 0.6 is 0 Å². The predicted molar refractivity (Wildman–Crippen MR) is 67.1 cm³/mol. The summed E-state index contributed by atoms with van der Waals surface area (Å²) in [5.74, 6) is 1.01. The molecule has 0 aliphatic carbocycles. The van der Waals surface area contributed by atoms with E-state index >= 15 is 0 Å². The molecule has 0 radical (unpaired) electrons. The number of hydrogen-bond acceptors (Lipinski definition) is 3. The standard InChI is InChI=1S/C14H20O3/c1-4-17-14(15)9-11(2)8-12-6-5-7-13(10-12)16-3/h5-7,10-11H,4,8-9H2,1-3H3/t11-/m0/s1. The number of carbonyl (C=O) groups is 1. The lowest BCUT2D eigenvalue weighted by Crippen LogP contribution is -2.11. The van der Waals surface area contributed by atoms with Gasteiger partial charge < -0.3 is 9.47 Å². The molecule has 0 amide bonds. The Morgan fingerprint density at radius 1 is 1.41 bits per heavy atom. The zero-order valence-electron chi connectivity index (χ0n) is 10.7. The maximum atomic E-state index is 11.3. The van der Waals surface area contributed by atoms with Crippen molar-refractivity contribution in [3.05, 3.63) is 29.8 Å². The molecule has 0 N–H and O–H groups in total. The average molecular weight is 236 g/mol. The largest absolute Gasteiger partial charge is 0.497 e. The lowest BCUT2D eigenvalue weighted by molar-refractivity contribution is -0.144. The Morgan fingerprint density at radius 2 is 2.18 bits per heavy atom. The second-order valence-corrected chi connectivity index (χ2v) is 4.17. The van der Waals surface area contributed by atoms with Gasteiger partial charge in [0.05, 0.1) is 13.7 Å². The number of esters is 1. The zero-order valence-corrected chi connectivity index (χ0v) is 10.7. The van der Waals surface area contributed by atoms with Crippen LogP contribution in [-0.4, -0.2) is 19.7 Å². The number of rotatable bonds is 6. The number of carbonyl (C=O) groups excluding carboxylic acids is 1. The molecular formula is C14H20O3. The van der Waals surface area contributed by atoms with Crippen LogP contribution in [0.4, 0.5) is 0 Å². The van der Waals surface area contributed by atoms with Gasteiger partial charge >= 0.3 is 5.97 Å². The van der Waals surface area contributed by atoms with Crippen LogP contribution in [0, 0.1) is 5.92 Å². The Labute approximate surface area is 103 Å². The third-order valence-electron chi connectivity index (χ3n) is 2.54. The number of methoxy groups -OCH3 is 1. The van der Waals surface area contributed by atoms with Gasteiger partial charge in [0.15, 0.2) is 0 Å². The first-order chi connectivity index (χ1) is 8.15. The first kappa shape index (κ1) is 13.6. The fraction of sp³-hybridized carbons (Fsp3) is 0.500. The molecule has 0 saturated carbocycles. The molecule has 0 aromatic heterocycles. The van der Waals surface area contributed by atoms with Crippen molar-refractivity contribution in [2.75, 3.05) is 13.7 Å². The van der Waals surface area contributed by atoms with Crippen LogP contribution in [0.15, 0.2) is 24.3 Å². The highest BCUT2D eigenvalue weighted by molar-refractivity contribution is 5.69. The minimum absolute atomic E-state index is 0.122. The highest BCUT2D eigenvalue weighted by Crippen LogP contribution is 2.17. The Morgan fingerprint density at radius 3 is 2.82 bits per heavy atom. The summed E-state index contributed by atoms with van der Waals surface area (Å²) in [5.41, 5.74) is 1.18. The maximum absolute atomic E-state index is 11.3. The average Bonchev–Trinajstić information content (AvgIpc) is 2.29. The molecule has 3 heteroatoms. The van der Waals surface area contributed by atoms with Crippen molar-refractivity contribution in [1.29, 1.82) is 0 Å². The normalized spacial score (nSPS) is 11.9. The molecule has 0 aliphatic heterocycles. The van der Waals surface area contributed by atoms with Crippen LogP contribution in [0.2, 0.25) is 0 Å². The van der Waals surface area contributed by atoms with Crippen molar-refractivity contribution in [3.63, 3.8) is 0 Å². The fourth-order valence-corrected chi connectivity index (χ4v) is 1.78. The van der Waals surface area contributed by atoms with Crippen LogP contribution in [-0.2, 0) is 16.0 Å². The van der Waals surface area contributed by atoms with E-state index in [1.807, 2.05) is 31.2 Å². The van der Waals surface area contributed by atoms with E-state index in [1.54, 1.807) is 7.11 Å². The Kier molecular flexibility index (Phi) is 5.53. The van der Waals surface area contributed by atoms with E-state index < -0.39 is 0 Å². The van der Waals surface area contributed by atoms with Crippen LogP contribution in [0.3, 0.4) is 0 Å². The predicted octanol–water partition coefficient (Wildman–Crippen LogP) is 2.83. The van der Waals surface area contributed by atoms with Gasteiger partial charge in [-0.3, -0.25) is 4.79 Å². The van der Waals surface area contributed by atoms with Gasteiger partial charge in [-0.1, -0.05) is 19.1 Å². The van der Waals surface area contributed by atoms with Crippen molar-refractivity contribution >= 4 is 5.97 Å². The summed E-state index contributed by atoms with van der Waals surface area (Å²) in [6.45, 7) is 4.33. The lowest BCUT2D eigenvalue weighted by atomic mass is 9.98. The molecule has 0 aliphatic rings. The number of hydrogen-bond donors (Lipinski definition) is 0. The lowest BCUT2D eigenvalue weighted by Gasteiger charge is -2.11. The Bertz CT molecular complexity index is 360. The van der Waals surface area contributed by atoms with Crippen molar-refractivity contribution < 1.29 is 14.3 Å². The second-order valence-electron chi connectivity index (χ2n) is 4.17. The summed E-state index contributed by atoms with van der Waals surface area (Å²) in [7, 11) is 1.65. The zero-order chi connectivity index (χ0) is 12.7. The van der Waals surface area contributed by atoms with Crippen molar-refractivity contribution in [1.82, 2.24) is 0 Å². The first-order valence-corrected chi connectivity index (χ1v) is 5.94. The Hall–Kier alpha value is -1.51. The summed E-state index contributed by atoms with van der Waals surface area (Å²) in [4.78, 5) is 11.3. The molecule has 1 aromatic carbocycles. The molecular weight excluding hydrogens is 216 g/mol. The molecule has 0 bridgehead atoms. The fourth-order valence-electron chi connectivity index (χ4n) is 1.78. The highest BCUT2D eigenvalue weighted by atomic mass is 16.5. The molecule has 1 rings (SSSR count). The van der Waals surface area contributed by atoms with E-state index in [0.29, 0.717) is 13.0 Å². The first-order valence-electron chi connectivity index (χ1n) is 5.94. The molecule has 3 nitrogen and oxygen atoms in total. The third kappa shape index (κ3) is 4.89. The summed E-state index contributed by atoms with van der Waals surface area (Å²) < 4.78 is 10.1. The van der Waals surface area contributed by atoms with E-state index in [9.17, 15) is 4.79 Å². The molecule has 0 unspecified atom stereocenters. The summed E-state index contributed by atoms with van der Waals surface area (Å²) in [6.07, 6.45) is 1.32. The van der Waals surface area contributed by atoms with Crippen molar-refractivity contribution in [3.8, 4) is 5.75 Å².